The lowest BCUT2D eigenvalue weighted by Crippen LogP contribution is -2.50. The fourth-order valence-corrected chi connectivity index (χ4v) is 2.52. The molecule has 17 heavy (non-hydrogen) atoms. The van der Waals surface area contributed by atoms with Gasteiger partial charge in [-0.25, -0.2) is 0 Å². The number of rotatable bonds is 4. The molecule has 3 nitrogen and oxygen atoms in total. The van der Waals surface area contributed by atoms with Crippen molar-refractivity contribution in [3.05, 3.63) is 35.4 Å². The van der Waals surface area contributed by atoms with Crippen LogP contribution in [-0.2, 0) is 13.1 Å². The monoisotopic (exact) mass is 234 g/mol. The predicted octanol–water partition coefficient (Wildman–Crippen LogP) is 1.35. The number of aliphatic hydroxyl groups excluding tert-OH is 1. The summed E-state index contributed by atoms with van der Waals surface area (Å²) < 4.78 is 0. The van der Waals surface area contributed by atoms with E-state index in [1.165, 1.54) is 11.1 Å². The van der Waals surface area contributed by atoms with Crippen molar-refractivity contribution in [2.75, 3.05) is 6.61 Å². The van der Waals surface area contributed by atoms with Crippen LogP contribution in [0.5, 0.6) is 0 Å². The van der Waals surface area contributed by atoms with Crippen LogP contribution in [0.1, 0.15) is 25.0 Å². The molecule has 0 radical (unpaired) electrons. The van der Waals surface area contributed by atoms with E-state index in [0.29, 0.717) is 5.92 Å². The van der Waals surface area contributed by atoms with E-state index in [-0.39, 0.29) is 18.7 Å². The van der Waals surface area contributed by atoms with Gasteiger partial charge in [-0.05, 0) is 17.0 Å². The molecule has 0 aliphatic carbocycles. The fourth-order valence-electron chi connectivity index (χ4n) is 2.52. The Hall–Kier alpha value is -0.900. The average molecular weight is 234 g/mol. The third-order valence-electron chi connectivity index (χ3n) is 3.74. The minimum Gasteiger partial charge on any atom is -0.395 e. The van der Waals surface area contributed by atoms with Crippen LogP contribution in [0.3, 0.4) is 0 Å². The molecule has 2 rings (SSSR count). The highest BCUT2D eigenvalue weighted by Gasteiger charge is 2.30. The van der Waals surface area contributed by atoms with Crippen LogP contribution in [0.2, 0.25) is 0 Å². The number of aliphatic hydroxyl groups is 1. The molecule has 1 heterocycles. The molecule has 2 unspecified atom stereocenters. The second-order valence-corrected chi connectivity index (χ2v) is 5.24. The van der Waals surface area contributed by atoms with Crippen molar-refractivity contribution in [3.8, 4) is 0 Å². The molecule has 0 bridgehead atoms. The summed E-state index contributed by atoms with van der Waals surface area (Å²) in [6, 6.07) is 8.53. The Morgan fingerprint density at radius 1 is 1.24 bits per heavy atom. The highest BCUT2D eigenvalue weighted by atomic mass is 16.3. The number of hydrogen-bond acceptors (Lipinski definition) is 3. The topological polar surface area (TPSA) is 49.5 Å². The molecule has 1 aliphatic heterocycles. The molecular formula is C14H22N2O. The number of benzene rings is 1. The smallest absolute Gasteiger partial charge is 0.0602 e. The molecule has 0 spiro atoms. The van der Waals surface area contributed by atoms with E-state index in [4.69, 9.17) is 5.73 Å². The minimum atomic E-state index is 0.0225. The molecule has 1 aromatic rings. The normalized spacial score (nSPS) is 19.4. The van der Waals surface area contributed by atoms with Crippen LogP contribution < -0.4 is 5.73 Å². The van der Waals surface area contributed by atoms with E-state index in [9.17, 15) is 5.11 Å². The maximum atomic E-state index is 9.56. The van der Waals surface area contributed by atoms with Crippen molar-refractivity contribution in [2.24, 2.45) is 11.7 Å². The average Bonchev–Trinajstić information content (AvgIpc) is 2.72. The Bertz CT molecular complexity index is 353. The molecule has 3 N–H and O–H groups in total. The summed E-state index contributed by atoms with van der Waals surface area (Å²) in [7, 11) is 0. The summed E-state index contributed by atoms with van der Waals surface area (Å²) in [5.74, 6) is 0.385. The summed E-state index contributed by atoms with van der Waals surface area (Å²) in [4.78, 5) is 2.29. The number of nitrogens with zero attached hydrogens (tertiary/aromatic N) is 1. The van der Waals surface area contributed by atoms with E-state index in [1.807, 2.05) is 0 Å². The van der Waals surface area contributed by atoms with Crippen LogP contribution in [0, 0.1) is 5.92 Å². The fraction of sp³-hybridized carbons (Fsp3) is 0.571. The zero-order valence-corrected chi connectivity index (χ0v) is 10.6. The van der Waals surface area contributed by atoms with Gasteiger partial charge in [0, 0.05) is 25.2 Å². The van der Waals surface area contributed by atoms with Crippen LogP contribution >= 0.6 is 0 Å². The van der Waals surface area contributed by atoms with Gasteiger partial charge in [-0.1, -0.05) is 38.1 Å². The summed E-state index contributed by atoms with van der Waals surface area (Å²) in [6.45, 7) is 6.16. The highest BCUT2D eigenvalue weighted by molar-refractivity contribution is 5.30. The molecule has 3 heteroatoms. The molecular weight excluding hydrogens is 212 g/mol. The highest BCUT2D eigenvalue weighted by Crippen LogP contribution is 2.25. The number of nitrogens with two attached hydrogens (primary N) is 1. The number of hydrogen-bond donors (Lipinski definition) is 2. The zero-order valence-electron chi connectivity index (χ0n) is 10.6. The third kappa shape index (κ3) is 2.51. The lowest BCUT2D eigenvalue weighted by molar-refractivity contribution is 0.0897. The SMILES string of the molecule is CC(C)C(N)C(CO)N1Cc2ccccc2C1. The van der Waals surface area contributed by atoms with Gasteiger partial charge in [0.05, 0.1) is 6.61 Å². The molecule has 2 atom stereocenters. The second-order valence-electron chi connectivity index (χ2n) is 5.24. The Morgan fingerprint density at radius 2 is 1.76 bits per heavy atom. The summed E-state index contributed by atoms with van der Waals surface area (Å²) in [5, 5.41) is 9.56. The number of fused-ring (bicyclic) bond motifs is 1. The maximum absolute atomic E-state index is 9.56. The zero-order chi connectivity index (χ0) is 12.4. The summed E-state index contributed by atoms with van der Waals surface area (Å²) in [5.41, 5.74) is 8.91. The third-order valence-corrected chi connectivity index (χ3v) is 3.74. The van der Waals surface area contributed by atoms with Crippen molar-refractivity contribution in [3.63, 3.8) is 0 Å². The van der Waals surface area contributed by atoms with Crippen molar-refractivity contribution in [2.45, 2.75) is 39.0 Å². The van der Waals surface area contributed by atoms with Gasteiger partial charge in [0.15, 0.2) is 0 Å². The van der Waals surface area contributed by atoms with Gasteiger partial charge in [-0.3, -0.25) is 4.90 Å². The molecule has 0 amide bonds. The van der Waals surface area contributed by atoms with Crippen molar-refractivity contribution in [1.82, 2.24) is 4.90 Å². The van der Waals surface area contributed by atoms with E-state index in [2.05, 4.69) is 43.0 Å². The first-order valence-electron chi connectivity index (χ1n) is 6.30. The van der Waals surface area contributed by atoms with Crippen LogP contribution in [0.4, 0.5) is 0 Å². The molecule has 0 saturated heterocycles. The summed E-state index contributed by atoms with van der Waals surface area (Å²) >= 11 is 0. The van der Waals surface area contributed by atoms with E-state index >= 15 is 0 Å². The lowest BCUT2D eigenvalue weighted by atomic mass is 9.97. The van der Waals surface area contributed by atoms with Gasteiger partial charge in [0.2, 0.25) is 0 Å². The Morgan fingerprint density at radius 3 is 2.18 bits per heavy atom. The van der Waals surface area contributed by atoms with E-state index in [1.54, 1.807) is 0 Å². The molecule has 94 valence electrons. The summed E-state index contributed by atoms with van der Waals surface area (Å²) in [6.07, 6.45) is 0. The first-order valence-corrected chi connectivity index (χ1v) is 6.30. The standard InChI is InChI=1S/C14H22N2O/c1-10(2)14(15)13(9-17)16-7-11-5-3-4-6-12(11)8-16/h3-6,10,13-14,17H,7-9,15H2,1-2H3. The van der Waals surface area contributed by atoms with Gasteiger partial charge in [-0.2, -0.15) is 0 Å². The van der Waals surface area contributed by atoms with E-state index in [0.717, 1.165) is 13.1 Å². The van der Waals surface area contributed by atoms with Gasteiger partial charge in [0.1, 0.15) is 0 Å². The minimum absolute atomic E-state index is 0.0225. The van der Waals surface area contributed by atoms with Gasteiger partial charge in [0.25, 0.3) is 0 Å². The molecule has 0 saturated carbocycles. The van der Waals surface area contributed by atoms with Crippen molar-refractivity contribution >= 4 is 0 Å². The largest absolute Gasteiger partial charge is 0.395 e. The predicted molar refractivity (Wildman–Crippen MR) is 69.4 cm³/mol. The second kappa shape index (κ2) is 5.17. The molecule has 0 fully saturated rings. The maximum Gasteiger partial charge on any atom is 0.0602 e. The van der Waals surface area contributed by atoms with Gasteiger partial charge < -0.3 is 10.8 Å². The van der Waals surface area contributed by atoms with Crippen LogP contribution in [0.25, 0.3) is 0 Å². The molecule has 0 aromatic heterocycles. The first-order chi connectivity index (χ1) is 8.13. The van der Waals surface area contributed by atoms with Crippen LogP contribution in [0.15, 0.2) is 24.3 Å². The Labute approximate surface area is 103 Å². The van der Waals surface area contributed by atoms with Crippen LogP contribution in [-0.4, -0.2) is 28.7 Å². The molecule has 1 aliphatic rings. The Kier molecular flexibility index (Phi) is 3.82. The quantitative estimate of drug-likeness (QED) is 0.826. The molecule has 1 aromatic carbocycles. The van der Waals surface area contributed by atoms with Crippen molar-refractivity contribution < 1.29 is 5.11 Å². The lowest BCUT2D eigenvalue weighted by Gasteiger charge is -2.33. The van der Waals surface area contributed by atoms with Gasteiger partial charge >= 0.3 is 0 Å². The van der Waals surface area contributed by atoms with E-state index < -0.39 is 0 Å². The van der Waals surface area contributed by atoms with Crippen molar-refractivity contribution in [1.29, 1.82) is 0 Å². The Balaban J connectivity index is 2.10. The first kappa shape index (κ1) is 12.6. The van der Waals surface area contributed by atoms with Gasteiger partial charge in [-0.15, -0.1) is 0 Å².